The first-order chi connectivity index (χ1) is 5.61. The van der Waals surface area contributed by atoms with Crippen LogP contribution in [0.25, 0.3) is 0 Å². The molecular weight excluding hydrogens is 152 g/mol. The number of primary amides is 1. The second-order valence-electron chi connectivity index (χ2n) is 3.80. The lowest BCUT2D eigenvalue weighted by Gasteiger charge is -2.36. The van der Waals surface area contributed by atoms with E-state index in [1.165, 1.54) is 12.8 Å². The van der Waals surface area contributed by atoms with Crippen LogP contribution in [0.5, 0.6) is 0 Å². The summed E-state index contributed by atoms with van der Waals surface area (Å²) in [5.41, 5.74) is 5.15. The van der Waals surface area contributed by atoms with E-state index in [1.807, 2.05) is 0 Å². The fourth-order valence-electron chi connectivity index (χ4n) is 1.84. The molecule has 0 radical (unpaired) electrons. The molecule has 0 aromatic rings. The van der Waals surface area contributed by atoms with Crippen LogP contribution >= 0.6 is 0 Å². The van der Waals surface area contributed by atoms with Gasteiger partial charge < -0.3 is 5.73 Å². The highest BCUT2D eigenvalue weighted by Crippen LogP contribution is 2.21. The predicted molar refractivity (Wildman–Crippen MR) is 48.6 cm³/mol. The third-order valence-corrected chi connectivity index (χ3v) is 2.86. The quantitative estimate of drug-likeness (QED) is 0.659. The van der Waals surface area contributed by atoms with Gasteiger partial charge in [-0.25, -0.2) is 0 Å². The highest BCUT2D eigenvalue weighted by molar-refractivity contribution is 5.75. The van der Waals surface area contributed by atoms with E-state index in [4.69, 9.17) is 5.73 Å². The van der Waals surface area contributed by atoms with Gasteiger partial charge in [0.05, 0.1) is 6.54 Å². The molecule has 0 aliphatic carbocycles. The number of nitrogens with two attached hydrogens (primary N) is 1. The molecule has 1 fully saturated rings. The van der Waals surface area contributed by atoms with Gasteiger partial charge in [-0.1, -0.05) is 6.92 Å². The smallest absolute Gasteiger partial charge is 0.231 e. The van der Waals surface area contributed by atoms with Crippen molar-refractivity contribution >= 4 is 5.91 Å². The van der Waals surface area contributed by atoms with Gasteiger partial charge in [-0.3, -0.25) is 9.69 Å². The molecule has 0 aromatic heterocycles. The van der Waals surface area contributed by atoms with Crippen molar-refractivity contribution in [2.45, 2.75) is 32.7 Å². The maximum absolute atomic E-state index is 10.7. The van der Waals surface area contributed by atoms with Crippen LogP contribution in [0, 0.1) is 5.92 Å². The summed E-state index contributed by atoms with van der Waals surface area (Å²) in [7, 11) is 0. The molecule has 1 aliphatic heterocycles. The Balaban J connectivity index is 2.46. The van der Waals surface area contributed by atoms with Crippen LogP contribution in [-0.4, -0.2) is 29.9 Å². The van der Waals surface area contributed by atoms with Gasteiger partial charge >= 0.3 is 0 Å². The number of amides is 1. The number of likely N-dealkylation sites (tertiary alicyclic amines) is 1. The first-order valence-electron chi connectivity index (χ1n) is 4.63. The lowest BCUT2D eigenvalue weighted by atomic mass is 9.92. The summed E-state index contributed by atoms with van der Waals surface area (Å²) in [6, 6.07) is 0.506. The molecule has 0 saturated carbocycles. The Kier molecular flexibility index (Phi) is 3.09. The van der Waals surface area contributed by atoms with E-state index in [0.717, 1.165) is 6.54 Å². The van der Waals surface area contributed by atoms with Crippen molar-refractivity contribution in [2.24, 2.45) is 11.7 Å². The van der Waals surface area contributed by atoms with Gasteiger partial charge in [0.25, 0.3) is 0 Å². The summed E-state index contributed by atoms with van der Waals surface area (Å²) in [5.74, 6) is 0.481. The van der Waals surface area contributed by atoms with Gasteiger partial charge in [0.15, 0.2) is 0 Å². The Hall–Kier alpha value is -0.570. The van der Waals surface area contributed by atoms with Crippen LogP contribution in [0.15, 0.2) is 0 Å². The van der Waals surface area contributed by atoms with Crippen molar-refractivity contribution in [1.82, 2.24) is 4.90 Å². The second kappa shape index (κ2) is 3.90. The first-order valence-corrected chi connectivity index (χ1v) is 4.63. The molecule has 1 rings (SSSR count). The molecule has 12 heavy (non-hydrogen) atoms. The monoisotopic (exact) mass is 170 g/mol. The van der Waals surface area contributed by atoms with E-state index < -0.39 is 0 Å². The topological polar surface area (TPSA) is 46.3 Å². The summed E-state index contributed by atoms with van der Waals surface area (Å²) < 4.78 is 0. The fraction of sp³-hybridized carbons (Fsp3) is 0.889. The van der Waals surface area contributed by atoms with E-state index in [9.17, 15) is 4.79 Å². The number of carbonyl (C=O) groups excluding carboxylic acids is 1. The largest absolute Gasteiger partial charge is 0.369 e. The molecule has 0 aromatic carbocycles. The van der Waals surface area contributed by atoms with E-state index in [0.29, 0.717) is 18.5 Å². The maximum atomic E-state index is 10.7. The number of nitrogens with zero attached hydrogens (tertiary/aromatic N) is 1. The molecule has 2 N–H and O–H groups in total. The van der Waals surface area contributed by atoms with Gasteiger partial charge in [-0.05, 0) is 32.2 Å². The highest BCUT2D eigenvalue weighted by Gasteiger charge is 2.25. The molecule has 0 spiro atoms. The average molecular weight is 170 g/mol. The first kappa shape index (κ1) is 9.52. The van der Waals surface area contributed by atoms with Gasteiger partial charge in [0.2, 0.25) is 5.91 Å². The molecule has 70 valence electrons. The fourth-order valence-corrected chi connectivity index (χ4v) is 1.84. The van der Waals surface area contributed by atoms with Gasteiger partial charge in [-0.15, -0.1) is 0 Å². The average Bonchev–Trinajstić information content (AvgIpc) is 1.98. The lowest BCUT2D eigenvalue weighted by molar-refractivity contribution is -0.120. The van der Waals surface area contributed by atoms with Crippen molar-refractivity contribution < 1.29 is 4.79 Å². The number of hydrogen-bond donors (Lipinski definition) is 1. The van der Waals surface area contributed by atoms with E-state index >= 15 is 0 Å². The molecule has 1 saturated heterocycles. The summed E-state index contributed by atoms with van der Waals surface area (Å²) >= 11 is 0. The Morgan fingerprint density at radius 1 is 1.58 bits per heavy atom. The summed E-state index contributed by atoms with van der Waals surface area (Å²) in [5, 5.41) is 0. The highest BCUT2D eigenvalue weighted by atomic mass is 16.1. The van der Waals surface area contributed by atoms with Crippen molar-refractivity contribution in [1.29, 1.82) is 0 Å². The Labute approximate surface area is 73.9 Å². The SMILES string of the molecule is CC1CCCN(CC(N)=O)C1C. The molecular formula is C9H18N2O. The third kappa shape index (κ3) is 2.21. The van der Waals surface area contributed by atoms with E-state index in [1.54, 1.807) is 0 Å². The summed E-state index contributed by atoms with van der Waals surface area (Å²) in [6.07, 6.45) is 2.47. The van der Waals surface area contributed by atoms with E-state index in [2.05, 4.69) is 18.7 Å². The van der Waals surface area contributed by atoms with Crippen molar-refractivity contribution in [3.05, 3.63) is 0 Å². The predicted octanol–water partition coefficient (Wildman–Crippen LogP) is 0.592. The standard InChI is InChI=1S/C9H18N2O/c1-7-4-3-5-11(8(7)2)6-9(10)12/h7-8H,3-6H2,1-2H3,(H2,10,12). The molecule has 2 unspecified atom stereocenters. The number of rotatable bonds is 2. The summed E-state index contributed by atoms with van der Waals surface area (Å²) in [6.45, 7) is 5.85. The third-order valence-electron chi connectivity index (χ3n) is 2.86. The number of piperidine rings is 1. The second-order valence-corrected chi connectivity index (χ2v) is 3.80. The van der Waals surface area contributed by atoms with Gasteiger partial charge in [-0.2, -0.15) is 0 Å². The number of hydrogen-bond acceptors (Lipinski definition) is 2. The molecule has 1 aliphatic rings. The summed E-state index contributed by atoms with van der Waals surface area (Å²) in [4.78, 5) is 12.9. The Bertz CT molecular complexity index is 170. The van der Waals surface area contributed by atoms with Crippen molar-refractivity contribution in [2.75, 3.05) is 13.1 Å². The van der Waals surface area contributed by atoms with Crippen molar-refractivity contribution in [3.63, 3.8) is 0 Å². The zero-order valence-electron chi connectivity index (χ0n) is 7.92. The number of carbonyl (C=O) groups is 1. The van der Waals surface area contributed by atoms with Crippen LogP contribution in [0.1, 0.15) is 26.7 Å². The maximum Gasteiger partial charge on any atom is 0.231 e. The van der Waals surface area contributed by atoms with Gasteiger partial charge in [0.1, 0.15) is 0 Å². The Morgan fingerprint density at radius 2 is 2.25 bits per heavy atom. The molecule has 2 atom stereocenters. The van der Waals surface area contributed by atoms with Crippen LogP contribution in [0.4, 0.5) is 0 Å². The van der Waals surface area contributed by atoms with Crippen LogP contribution < -0.4 is 5.73 Å². The van der Waals surface area contributed by atoms with Gasteiger partial charge in [0, 0.05) is 6.04 Å². The minimum absolute atomic E-state index is 0.212. The van der Waals surface area contributed by atoms with Crippen LogP contribution in [-0.2, 0) is 4.79 Å². The minimum atomic E-state index is -0.212. The van der Waals surface area contributed by atoms with Crippen molar-refractivity contribution in [3.8, 4) is 0 Å². The zero-order valence-corrected chi connectivity index (χ0v) is 7.92. The van der Waals surface area contributed by atoms with Crippen LogP contribution in [0.3, 0.4) is 0 Å². The van der Waals surface area contributed by atoms with Crippen LogP contribution in [0.2, 0.25) is 0 Å². The molecule has 0 bridgehead atoms. The minimum Gasteiger partial charge on any atom is -0.369 e. The molecule has 1 heterocycles. The molecule has 1 amide bonds. The molecule has 3 heteroatoms. The normalized spacial score (nSPS) is 31.8. The molecule has 3 nitrogen and oxygen atoms in total. The Morgan fingerprint density at radius 3 is 2.83 bits per heavy atom. The lowest BCUT2D eigenvalue weighted by Crippen LogP contribution is -2.46. The zero-order chi connectivity index (χ0) is 9.14. The van der Waals surface area contributed by atoms with E-state index in [-0.39, 0.29) is 5.91 Å².